The molecule has 1 aliphatic heterocycles. The lowest BCUT2D eigenvalue weighted by Crippen LogP contribution is -2.49. The first-order valence-electron chi connectivity index (χ1n) is 13.3. The molecule has 0 bridgehead atoms. The summed E-state index contributed by atoms with van der Waals surface area (Å²) in [5.74, 6) is 0.594. The van der Waals surface area contributed by atoms with Crippen molar-refractivity contribution in [3.63, 3.8) is 0 Å². The minimum Gasteiger partial charge on any atom is -0.444 e. The van der Waals surface area contributed by atoms with Gasteiger partial charge in [0.1, 0.15) is 5.60 Å². The number of carbonyl (C=O) groups is 1. The predicted octanol–water partition coefficient (Wildman–Crippen LogP) is 3.11. The van der Waals surface area contributed by atoms with Gasteiger partial charge in [0.2, 0.25) is 5.95 Å². The highest BCUT2D eigenvalue weighted by Crippen LogP contribution is 2.24. The zero-order valence-corrected chi connectivity index (χ0v) is 23.9. The van der Waals surface area contributed by atoms with Gasteiger partial charge in [-0.05, 0) is 72.1 Å². The third-order valence-electron chi connectivity index (χ3n) is 6.61. The van der Waals surface area contributed by atoms with Gasteiger partial charge in [-0.2, -0.15) is 4.98 Å². The van der Waals surface area contributed by atoms with Crippen LogP contribution in [-0.2, 0) is 24.9 Å². The van der Waals surface area contributed by atoms with Gasteiger partial charge in [0.15, 0.2) is 11.2 Å². The normalized spacial score (nSPS) is 15.9. The molecular formula is C28H39N7O4. The predicted molar refractivity (Wildman–Crippen MR) is 151 cm³/mol. The van der Waals surface area contributed by atoms with E-state index in [9.17, 15) is 14.4 Å². The number of alkyl carbamates (subject to hydrolysis) is 1. The molecule has 0 aromatic carbocycles. The van der Waals surface area contributed by atoms with Crippen LogP contribution in [0.25, 0.3) is 11.2 Å². The number of nitrogens with one attached hydrogen (secondary N) is 1. The lowest BCUT2D eigenvalue weighted by atomic mass is 10.1. The molecule has 1 saturated heterocycles. The molecule has 4 rings (SSSR count). The number of allylic oxidation sites excluding steroid dienone is 2. The smallest absolute Gasteiger partial charge is 0.407 e. The molecule has 0 aliphatic carbocycles. The van der Waals surface area contributed by atoms with Crippen LogP contribution < -0.4 is 21.5 Å². The number of hydrogen-bond donors (Lipinski definition) is 1. The summed E-state index contributed by atoms with van der Waals surface area (Å²) in [4.78, 5) is 50.8. The van der Waals surface area contributed by atoms with E-state index < -0.39 is 22.9 Å². The molecule has 4 heterocycles. The molecule has 0 spiro atoms. The van der Waals surface area contributed by atoms with E-state index in [4.69, 9.17) is 9.72 Å². The van der Waals surface area contributed by atoms with Gasteiger partial charge in [0.05, 0.1) is 12.2 Å². The van der Waals surface area contributed by atoms with E-state index in [-0.39, 0.29) is 12.6 Å². The van der Waals surface area contributed by atoms with Crippen LogP contribution in [0, 0.1) is 6.92 Å². The highest BCUT2D eigenvalue weighted by Gasteiger charge is 2.29. The van der Waals surface area contributed by atoms with Crippen LogP contribution in [0.1, 0.15) is 58.7 Å². The number of hydrogen-bond acceptors (Lipinski definition) is 7. The van der Waals surface area contributed by atoms with Crippen molar-refractivity contribution in [2.24, 2.45) is 7.05 Å². The number of carbonyl (C=O) groups excluding carboxylic acids is 1. The Morgan fingerprint density at radius 2 is 1.97 bits per heavy atom. The maximum atomic E-state index is 13.8. The monoisotopic (exact) mass is 537 g/mol. The second-order valence-corrected chi connectivity index (χ2v) is 11.5. The summed E-state index contributed by atoms with van der Waals surface area (Å²) >= 11 is 0. The Balaban J connectivity index is 1.77. The minimum atomic E-state index is -0.588. The molecule has 1 fully saturated rings. The van der Waals surface area contributed by atoms with Crippen LogP contribution in [0.2, 0.25) is 0 Å². The van der Waals surface area contributed by atoms with Gasteiger partial charge < -0.3 is 19.5 Å². The minimum absolute atomic E-state index is 0.0673. The van der Waals surface area contributed by atoms with Gasteiger partial charge in [0, 0.05) is 38.9 Å². The number of aromatic nitrogens is 5. The summed E-state index contributed by atoms with van der Waals surface area (Å²) in [6, 6.07) is 3.60. The number of aryl methyl sites for hydroxylation is 2. The summed E-state index contributed by atoms with van der Waals surface area (Å²) in [7, 11) is 1.63. The first kappa shape index (κ1) is 28.1. The van der Waals surface area contributed by atoms with E-state index in [1.54, 1.807) is 13.2 Å². The van der Waals surface area contributed by atoms with Gasteiger partial charge >= 0.3 is 11.8 Å². The van der Waals surface area contributed by atoms with Crippen LogP contribution in [-0.4, -0.2) is 54.5 Å². The lowest BCUT2D eigenvalue weighted by Gasteiger charge is -2.34. The fourth-order valence-electron chi connectivity index (χ4n) is 4.79. The summed E-state index contributed by atoms with van der Waals surface area (Å²) in [6.45, 7) is 13.1. The van der Waals surface area contributed by atoms with Gasteiger partial charge in [-0.15, -0.1) is 0 Å². The molecule has 1 amide bonds. The van der Waals surface area contributed by atoms with Crippen LogP contribution in [0.4, 0.5) is 10.7 Å². The summed E-state index contributed by atoms with van der Waals surface area (Å²) in [5.41, 5.74) is 1.99. The Kier molecular flexibility index (Phi) is 7.99. The van der Waals surface area contributed by atoms with E-state index in [1.165, 1.54) is 9.13 Å². The fraction of sp³-hybridized carbons (Fsp3) is 0.536. The number of amides is 1. The molecule has 1 aliphatic rings. The van der Waals surface area contributed by atoms with E-state index in [2.05, 4.69) is 15.2 Å². The summed E-state index contributed by atoms with van der Waals surface area (Å²) in [5, 5.41) is 2.97. The highest BCUT2D eigenvalue weighted by molar-refractivity contribution is 5.75. The molecule has 1 unspecified atom stereocenters. The van der Waals surface area contributed by atoms with Crippen LogP contribution in [0.5, 0.6) is 0 Å². The lowest BCUT2D eigenvalue weighted by molar-refractivity contribution is 0.0499. The van der Waals surface area contributed by atoms with Crippen molar-refractivity contribution in [1.82, 2.24) is 29.0 Å². The average Bonchev–Trinajstić information content (AvgIpc) is 3.23. The molecular weight excluding hydrogens is 498 g/mol. The van der Waals surface area contributed by atoms with Gasteiger partial charge in [-0.3, -0.25) is 18.9 Å². The van der Waals surface area contributed by atoms with Crippen molar-refractivity contribution in [1.29, 1.82) is 0 Å². The first-order chi connectivity index (χ1) is 18.3. The van der Waals surface area contributed by atoms with Crippen LogP contribution in [0.3, 0.4) is 0 Å². The number of ether oxygens (including phenoxy) is 1. The number of piperidine rings is 1. The SMILES string of the molecule is CC(C)=CCn1c(N2CCCC(NC(=O)OC(C)(C)C)C2)nc2c1c(=O)n(Cc1cc(C)ccn1)c(=O)n2C. The Bertz CT molecular complexity index is 1520. The Hall–Kier alpha value is -3.89. The molecule has 11 nitrogen and oxygen atoms in total. The van der Waals surface area contributed by atoms with Crippen molar-refractivity contribution in [2.45, 2.75) is 79.1 Å². The first-order valence-corrected chi connectivity index (χ1v) is 13.3. The zero-order valence-electron chi connectivity index (χ0n) is 23.9. The van der Waals surface area contributed by atoms with E-state index in [1.807, 2.05) is 64.3 Å². The standard InChI is InChI=1S/C28H39N7O4/c1-18(2)11-14-34-22-23(32(7)27(38)35(24(22)36)17-21-15-19(3)10-12-29-21)31-25(34)33-13-8-9-20(16-33)30-26(37)39-28(4,5)6/h10-12,15,20H,8-9,13-14,16-17H2,1-7H3,(H,30,37). The molecule has 210 valence electrons. The molecule has 3 aromatic heterocycles. The van der Waals surface area contributed by atoms with Crippen molar-refractivity contribution < 1.29 is 9.53 Å². The summed E-state index contributed by atoms with van der Waals surface area (Å²) < 4.78 is 9.97. The highest BCUT2D eigenvalue weighted by atomic mass is 16.6. The third-order valence-corrected chi connectivity index (χ3v) is 6.61. The maximum absolute atomic E-state index is 13.8. The fourth-order valence-corrected chi connectivity index (χ4v) is 4.79. The maximum Gasteiger partial charge on any atom is 0.407 e. The van der Waals surface area contributed by atoms with Crippen molar-refractivity contribution in [3.05, 3.63) is 62.1 Å². The number of nitrogens with zero attached hydrogens (tertiary/aromatic N) is 6. The van der Waals surface area contributed by atoms with Crippen LogP contribution >= 0.6 is 0 Å². The Morgan fingerprint density at radius 1 is 1.23 bits per heavy atom. The molecule has 3 aromatic rings. The topological polar surface area (TPSA) is 116 Å². The molecule has 1 atom stereocenters. The van der Waals surface area contributed by atoms with Crippen molar-refractivity contribution in [3.8, 4) is 0 Å². The number of anilines is 1. The largest absolute Gasteiger partial charge is 0.444 e. The number of imidazole rings is 1. The second kappa shape index (κ2) is 11.1. The molecule has 0 saturated carbocycles. The van der Waals surface area contributed by atoms with E-state index in [0.717, 1.165) is 24.0 Å². The van der Waals surface area contributed by atoms with E-state index in [0.29, 0.717) is 42.4 Å². The van der Waals surface area contributed by atoms with Crippen molar-refractivity contribution >= 4 is 23.2 Å². The summed E-state index contributed by atoms with van der Waals surface area (Å²) in [6.07, 6.45) is 4.88. The van der Waals surface area contributed by atoms with E-state index >= 15 is 0 Å². The average molecular weight is 538 g/mol. The molecule has 39 heavy (non-hydrogen) atoms. The van der Waals surface area contributed by atoms with Crippen molar-refractivity contribution in [2.75, 3.05) is 18.0 Å². The van der Waals surface area contributed by atoms with Gasteiger partial charge in [0.25, 0.3) is 5.56 Å². The van der Waals surface area contributed by atoms with Gasteiger partial charge in [-0.25, -0.2) is 9.59 Å². The molecule has 0 radical (unpaired) electrons. The zero-order chi connectivity index (χ0) is 28.5. The molecule has 1 N–H and O–H groups in total. The number of rotatable bonds is 6. The second-order valence-electron chi connectivity index (χ2n) is 11.5. The van der Waals surface area contributed by atoms with Gasteiger partial charge in [-0.1, -0.05) is 11.6 Å². The Morgan fingerprint density at radius 3 is 2.64 bits per heavy atom. The number of pyridine rings is 1. The molecule has 11 heteroatoms. The quantitative estimate of drug-likeness (QED) is 0.480. The third kappa shape index (κ3) is 6.40. The Labute approximate surface area is 228 Å². The number of fused-ring (bicyclic) bond motifs is 1. The van der Waals surface area contributed by atoms with Crippen LogP contribution in [0.15, 0.2) is 39.6 Å².